The molecule has 4 nitrogen and oxygen atoms in total. The minimum Gasteiger partial charge on any atom is -0.359 e. The zero-order valence-electron chi connectivity index (χ0n) is 9.21. The van der Waals surface area contributed by atoms with Crippen molar-refractivity contribution in [2.75, 3.05) is 13.6 Å². The molecular formula is C11H17N3O. The zero-order valence-corrected chi connectivity index (χ0v) is 9.21. The van der Waals surface area contributed by atoms with E-state index in [1.54, 1.807) is 7.05 Å². The summed E-state index contributed by atoms with van der Waals surface area (Å²) < 4.78 is 0. The molecule has 0 radical (unpaired) electrons. The fourth-order valence-corrected chi connectivity index (χ4v) is 1.24. The van der Waals surface area contributed by atoms with Crippen molar-refractivity contribution < 1.29 is 4.79 Å². The van der Waals surface area contributed by atoms with Crippen LogP contribution in [0, 0.1) is 6.92 Å². The molecule has 0 aliphatic carbocycles. The summed E-state index contributed by atoms with van der Waals surface area (Å²) in [7, 11) is 1.64. The van der Waals surface area contributed by atoms with Gasteiger partial charge in [-0.2, -0.15) is 0 Å². The minimum atomic E-state index is 0.0553. The Morgan fingerprint density at radius 3 is 2.93 bits per heavy atom. The first-order valence-corrected chi connectivity index (χ1v) is 5.06. The number of nitrogens with zero attached hydrogens (tertiary/aromatic N) is 1. The lowest BCUT2D eigenvalue weighted by atomic mass is 10.3. The molecule has 82 valence electrons. The number of rotatable bonds is 5. The van der Waals surface area contributed by atoms with E-state index in [-0.39, 0.29) is 5.91 Å². The molecular weight excluding hydrogens is 190 g/mol. The standard InChI is InChI=1S/C11H17N3O/c1-9-4-3-5-10(14-9)8-13-7-6-11(15)12-2/h3-5,13H,6-8H2,1-2H3,(H,12,15). The second-order valence-corrected chi connectivity index (χ2v) is 3.37. The van der Waals surface area contributed by atoms with E-state index in [2.05, 4.69) is 15.6 Å². The van der Waals surface area contributed by atoms with Crippen molar-refractivity contribution in [1.82, 2.24) is 15.6 Å². The molecule has 0 bridgehead atoms. The number of hydrogen-bond acceptors (Lipinski definition) is 3. The molecule has 1 aromatic rings. The van der Waals surface area contributed by atoms with Gasteiger partial charge in [-0.15, -0.1) is 0 Å². The Labute approximate surface area is 90.1 Å². The molecule has 15 heavy (non-hydrogen) atoms. The van der Waals surface area contributed by atoms with E-state index in [0.717, 1.165) is 11.4 Å². The first-order chi connectivity index (χ1) is 7.22. The van der Waals surface area contributed by atoms with Gasteiger partial charge in [0.2, 0.25) is 5.91 Å². The van der Waals surface area contributed by atoms with Gasteiger partial charge in [-0.1, -0.05) is 6.07 Å². The number of hydrogen-bond donors (Lipinski definition) is 2. The number of carbonyl (C=O) groups is 1. The Morgan fingerprint density at radius 2 is 2.27 bits per heavy atom. The number of aromatic nitrogens is 1. The smallest absolute Gasteiger partial charge is 0.221 e. The summed E-state index contributed by atoms with van der Waals surface area (Å²) in [5.74, 6) is 0.0553. The molecule has 2 N–H and O–H groups in total. The third-order valence-electron chi connectivity index (χ3n) is 2.06. The van der Waals surface area contributed by atoms with Crippen LogP contribution >= 0.6 is 0 Å². The molecule has 1 heterocycles. The molecule has 0 aromatic carbocycles. The van der Waals surface area contributed by atoms with Gasteiger partial charge in [-0.25, -0.2) is 0 Å². The van der Waals surface area contributed by atoms with Gasteiger partial charge in [-0.05, 0) is 19.1 Å². The normalized spacial score (nSPS) is 10.0. The Kier molecular flexibility index (Phi) is 4.77. The molecule has 1 rings (SSSR count). The molecule has 0 aliphatic rings. The third-order valence-corrected chi connectivity index (χ3v) is 2.06. The van der Waals surface area contributed by atoms with Crippen LogP contribution in [0.1, 0.15) is 17.8 Å². The SMILES string of the molecule is CNC(=O)CCNCc1cccc(C)n1. The monoisotopic (exact) mass is 207 g/mol. The lowest BCUT2D eigenvalue weighted by Crippen LogP contribution is -2.24. The highest BCUT2D eigenvalue weighted by molar-refractivity contribution is 5.75. The Hall–Kier alpha value is -1.42. The average Bonchev–Trinajstić information content (AvgIpc) is 2.24. The fraction of sp³-hybridized carbons (Fsp3) is 0.455. The third kappa shape index (κ3) is 4.56. The highest BCUT2D eigenvalue weighted by Gasteiger charge is 1.97. The van der Waals surface area contributed by atoms with Gasteiger partial charge in [0.05, 0.1) is 5.69 Å². The van der Waals surface area contributed by atoms with Crippen molar-refractivity contribution in [2.45, 2.75) is 19.9 Å². The molecule has 0 spiro atoms. The van der Waals surface area contributed by atoms with Crippen LogP contribution in [0.5, 0.6) is 0 Å². The highest BCUT2D eigenvalue weighted by Crippen LogP contribution is 1.97. The Bertz CT molecular complexity index is 325. The van der Waals surface area contributed by atoms with Gasteiger partial charge in [0.25, 0.3) is 0 Å². The average molecular weight is 207 g/mol. The second-order valence-electron chi connectivity index (χ2n) is 3.37. The Morgan fingerprint density at radius 1 is 1.47 bits per heavy atom. The van der Waals surface area contributed by atoms with Crippen molar-refractivity contribution in [2.24, 2.45) is 0 Å². The van der Waals surface area contributed by atoms with E-state index in [0.29, 0.717) is 19.5 Å². The maximum absolute atomic E-state index is 10.9. The van der Waals surface area contributed by atoms with Gasteiger partial charge in [0, 0.05) is 32.3 Å². The van der Waals surface area contributed by atoms with Crippen molar-refractivity contribution >= 4 is 5.91 Å². The summed E-state index contributed by atoms with van der Waals surface area (Å²) in [5.41, 5.74) is 2.02. The summed E-state index contributed by atoms with van der Waals surface area (Å²) in [6, 6.07) is 5.92. The van der Waals surface area contributed by atoms with Crippen LogP contribution in [0.2, 0.25) is 0 Å². The first kappa shape index (κ1) is 11.7. The number of carbonyl (C=O) groups excluding carboxylic acids is 1. The summed E-state index contributed by atoms with van der Waals surface area (Å²) in [4.78, 5) is 15.3. The van der Waals surface area contributed by atoms with Gasteiger partial charge in [0.15, 0.2) is 0 Å². The van der Waals surface area contributed by atoms with E-state index in [1.165, 1.54) is 0 Å². The Balaban J connectivity index is 2.23. The lowest BCUT2D eigenvalue weighted by Gasteiger charge is -2.04. The molecule has 1 aromatic heterocycles. The molecule has 1 amide bonds. The summed E-state index contributed by atoms with van der Waals surface area (Å²) in [6.45, 7) is 3.35. The molecule has 0 saturated carbocycles. The van der Waals surface area contributed by atoms with E-state index in [9.17, 15) is 4.79 Å². The molecule has 4 heteroatoms. The molecule has 0 atom stereocenters. The van der Waals surface area contributed by atoms with Crippen LogP contribution in [-0.4, -0.2) is 24.5 Å². The van der Waals surface area contributed by atoms with Gasteiger partial charge >= 0.3 is 0 Å². The number of nitrogens with one attached hydrogen (secondary N) is 2. The quantitative estimate of drug-likeness (QED) is 0.696. The first-order valence-electron chi connectivity index (χ1n) is 5.06. The lowest BCUT2D eigenvalue weighted by molar-refractivity contribution is -0.120. The van der Waals surface area contributed by atoms with E-state index < -0.39 is 0 Å². The molecule has 0 aliphatic heterocycles. The van der Waals surface area contributed by atoms with Crippen molar-refractivity contribution in [1.29, 1.82) is 0 Å². The van der Waals surface area contributed by atoms with Crippen molar-refractivity contribution in [3.63, 3.8) is 0 Å². The summed E-state index contributed by atoms with van der Waals surface area (Å²) in [5, 5.41) is 5.75. The van der Waals surface area contributed by atoms with Crippen LogP contribution in [0.25, 0.3) is 0 Å². The topological polar surface area (TPSA) is 54.0 Å². The highest BCUT2D eigenvalue weighted by atomic mass is 16.1. The largest absolute Gasteiger partial charge is 0.359 e. The van der Waals surface area contributed by atoms with E-state index in [1.807, 2.05) is 25.1 Å². The zero-order chi connectivity index (χ0) is 11.1. The molecule has 0 fully saturated rings. The maximum Gasteiger partial charge on any atom is 0.221 e. The number of pyridine rings is 1. The fourth-order valence-electron chi connectivity index (χ4n) is 1.24. The van der Waals surface area contributed by atoms with Gasteiger partial charge < -0.3 is 10.6 Å². The van der Waals surface area contributed by atoms with Crippen molar-refractivity contribution in [3.8, 4) is 0 Å². The van der Waals surface area contributed by atoms with Gasteiger partial charge in [0.1, 0.15) is 0 Å². The van der Waals surface area contributed by atoms with E-state index in [4.69, 9.17) is 0 Å². The van der Waals surface area contributed by atoms with E-state index >= 15 is 0 Å². The predicted octanol–water partition coefficient (Wildman–Crippen LogP) is 0.616. The van der Waals surface area contributed by atoms with Crippen molar-refractivity contribution in [3.05, 3.63) is 29.6 Å². The van der Waals surface area contributed by atoms with Gasteiger partial charge in [-0.3, -0.25) is 9.78 Å². The molecule has 0 unspecified atom stereocenters. The van der Waals surface area contributed by atoms with Crippen LogP contribution in [0.3, 0.4) is 0 Å². The van der Waals surface area contributed by atoms with Crippen LogP contribution in [-0.2, 0) is 11.3 Å². The molecule has 0 saturated heterocycles. The summed E-state index contributed by atoms with van der Waals surface area (Å²) in [6.07, 6.45) is 0.502. The maximum atomic E-state index is 10.9. The number of aryl methyl sites for hydroxylation is 1. The van der Waals surface area contributed by atoms with Crippen LogP contribution in [0.15, 0.2) is 18.2 Å². The second kappa shape index (κ2) is 6.14. The minimum absolute atomic E-state index is 0.0553. The predicted molar refractivity (Wildman–Crippen MR) is 59.4 cm³/mol. The summed E-state index contributed by atoms with van der Waals surface area (Å²) >= 11 is 0. The van der Waals surface area contributed by atoms with Crippen LogP contribution in [0.4, 0.5) is 0 Å². The number of amides is 1. The van der Waals surface area contributed by atoms with Crippen LogP contribution < -0.4 is 10.6 Å².